The van der Waals surface area contributed by atoms with Crippen molar-refractivity contribution >= 4 is 5.97 Å². The summed E-state index contributed by atoms with van der Waals surface area (Å²) in [5.41, 5.74) is 0. The largest absolute Gasteiger partial charge is 0.549 e. The second-order valence-corrected chi connectivity index (χ2v) is 0.902. The quantitative estimate of drug-likeness (QED) is 0.441. The first kappa shape index (κ1) is 9.63. The van der Waals surface area contributed by atoms with Crippen LogP contribution in [0.5, 0.6) is 0 Å². The normalized spacial score (nSPS) is 7.00. The van der Waals surface area contributed by atoms with E-state index in [0.717, 1.165) is 0 Å². The lowest BCUT2D eigenvalue weighted by atomic mass is 10.7. The van der Waals surface area contributed by atoms with E-state index in [2.05, 4.69) is 5.32 Å². The second-order valence-electron chi connectivity index (χ2n) is 0.902. The SMILES string of the molecule is CNCC(=O)[O-].[NH4+]. The Morgan fingerprint density at radius 1 is 1.86 bits per heavy atom. The van der Waals surface area contributed by atoms with Gasteiger partial charge in [0.25, 0.3) is 0 Å². The van der Waals surface area contributed by atoms with Gasteiger partial charge in [0.05, 0.1) is 5.97 Å². The first-order chi connectivity index (χ1) is 2.77. The molecule has 0 aromatic heterocycles. The van der Waals surface area contributed by atoms with Gasteiger partial charge in [-0.1, -0.05) is 0 Å². The Balaban J connectivity index is 0. The number of nitrogens with one attached hydrogen (secondary N) is 1. The molecule has 0 radical (unpaired) electrons. The van der Waals surface area contributed by atoms with Crippen LogP contribution < -0.4 is 16.6 Å². The molecule has 0 bridgehead atoms. The summed E-state index contributed by atoms with van der Waals surface area (Å²) in [5, 5.41) is 11.8. The van der Waals surface area contributed by atoms with Gasteiger partial charge in [-0.05, 0) is 7.05 Å². The number of carbonyl (C=O) groups excluding carboxylic acids is 1. The van der Waals surface area contributed by atoms with Gasteiger partial charge in [-0.2, -0.15) is 0 Å². The van der Waals surface area contributed by atoms with Crippen LogP contribution in [-0.2, 0) is 4.79 Å². The van der Waals surface area contributed by atoms with Crippen LogP contribution in [0.2, 0.25) is 0 Å². The number of aliphatic carboxylic acids is 1. The Kier molecular flexibility index (Phi) is 7.42. The van der Waals surface area contributed by atoms with Crippen LogP contribution in [0.1, 0.15) is 0 Å². The zero-order chi connectivity index (χ0) is 4.99. The van der Waals surface area contributed by atoms with Crippen molar-refractivity contribution in [2.75, 3.05) is 13.6 Å². The molecule has 7 heavy (non-hydrogen) atoms. The number of hydrogen-bond acceptors (Lipinski definition) is 3. The number of carboxylic acids is 1. The Hall–Kier alpha value is -0.610. The number of likely N-dealkylation sites (N-methyl/N-ethyl adjacent to an activating group) is 1. The van der Waals surface area contributed by atoms with Crippen LogP contribution >= 0.6 is 0 Å². The van der Waals surface area contributed by atoms with Crippen molar-refractivity contribution in [3.8, 4) is 0 Å². The molecule has 0 saturated carbocycles. The van der Waals surface area contributed by atoms with Crippen molar-refractivity contribution in [2.24, 2.45) is 0 Å². The fourth-order valence-corrected chi connectivity index (χ4v) is 0.144. The third kappa shape index (κ3) is 10.8. The Morgan fingerprint density at radius 3 is 2.29 bits per heavy atom. The Morgan fingerprint density at radius 2 is 2.29 bits per heavy atom. The predicted octanol–water partition coefficient (Wildman–Crippen LogP) is -1.67. The van der Waals surface area contributed by atoms with Gasteiger partial charge >= 0.3 is 0 Å². The molecule has 0 rings (SSSR count). The molecule has 0 aromatic rings. The molecule has 0 saturated heterocycles. The van der Waals surface area contributed by atoms with E-state index in [-0.39, 0.29) is 12.7 Å². The summed E-state index contributed by atoms with van der Waals surface area (Å²) >= 11 is 0. The van der Waals surface area contributed by atoms with Gasteiger partial charge in [0.15, 0.2) is 0 Å². The lowest BCUT2D eigenvalue weighted by Gasteiger charge is -1.94. The highest BCUT2D eigenvalue weighted by molar-refractivity contribution is 5.66. The molecule has 5 N–H and O–H groups in total. The minimum Gasteiger partial charge on any atom is -0.549 e. The van der Waals surface area contributed by atoms with Crippen molar-refractivity contribution in [3.63, 3.8) is 0 Å². The molecule has 0 atom stereocenters. The standard InChI is InChI=1S/C3H7NO2.H3N/c1-4-2-3(5)6;/h4H,2H2,1H3,(H,5,6);1H3. The van der Waals surface area contributed by atoms with Crippen molar-refractivity contribution < 1.29 is 9.90 Å². The Labute approximate surface area is 42.1 Å². The first-order valence-electron chi connectivity index (χ1n) is 1.62. The number of hydrogen-bond donors (Lipinski definition) is 2. The van der Waals surface area contributed by atoms with Gasteiger partial charge in [-0.25, -0.2) is 0 Å². The predicted molar refractivity (Wildman–Crippen MR) is 24.9 cm³/mol. The third-order valence-corrected chi connectivity index (χ3v) is 0.321. The van der Waals surface area contributed by atoms with Crippen LogP contribution in [0.15, 0.2) is 0 Å². The van der Waals surface area contributed by atoms with E-state index in [4.69, 9.17) is 0 Å². The molecule has 0 fully saturated rings. The number of rotatable bonds is 2. The van der Waals surface area contributed by atoms with Crippen LogP contribution in [0.25, 0.3) is 0 Å². The molecular weight excluding hydrogens is 96.0 g/mol. The maximum absolute atomic E-state index is 9.43. The van der Waals surface area contributed by atoms with Crippen LogP contribution in [0.3, 0.4) is 0 Å². The van der Waals surface area contributed by atoms with Crippen LogP contribution in [0, 0.1) is 0 Å². The summed E-state index contributed by atoms with van der Waals surface area (Å²) in [6.45, 7) is -0.0694. The summed E-state index contributed by atoms with van der Waals surface area (Å²) in [6.07, 6.45) is 0. The highest BCUT2D eigenvalue weighted by Gasteiger charge is 1.72. The monoisotopic (exact) mass is 106 g/mol. The van der Waals surface area contributed by atoms with Crippen molar-refractivity contribution in [1.82, 2.24) is 11.5 Å². The van der Waals surface area contributed by atoms with Gasteiger partial charge in [0.1, 0.15) is 0 Å². The first-order valence-corrected chi connectivity index (χ1v) is 1.62. The summed E-state index contributed by atoms with van der Waals surface area (Å²) in [6, 6.07) is 0. The molecular formula is C3H10N2O2. The second kappa shape index (κ2) is 5.39. The molecule has 0 unspecified atom stereocenters. The molecule has 0 heterocycles. The molecule has 0 aromatic carbocycles. The van der Waals surface area contributed by atoms with Crippen molar-refractivity contribution in [1.29, 1.82) is 0 Å². The summed E-state index contributed by atoms with van der Waals surface area (Å²) in [4.78, 5) is 9.43. The molecule has 0 aliphatic carbocycles. The summed E-state index contributed by atoms with van der Waals surface area (Å²) in [5.74, 6) is -1.07. The molecule has 44 valence electrons. The lowest BCUT2D eigenvalue weighted by molar-refractivity contribution is -0.303. The average Bonchev–Trinajstić information content (AvgIpc) is 1.35. The highest BCUT2D eigenvalue weighted by Crippen LogP contribution is 1.43. The maximum atomic E-state index is 9.43. The highest BCUT2D eigenvalue weighted by atomic mass is 16.4. The topological polar surface area (TPSA) is 88.7 Å². The van der Waals surface area contributed by atoms with E-state index >= 15 is 0 Å². The molecule has 4 heteroatoms. The molecule has 0 amide bonds. The van der Waals surface area contributed by atoms with Gasteiger partial charge in [-0.3, -0.25) is 0 Å². The fraction of sp³-hybridized carbons (Fsp3) is 0.667. The minimum atomic E-state index is -1.07. The van der Waals surface area contributed by atoms with Gasteiger partial charge in [0.2, 0.25) is 0 Å². The lowest BCUT2D eigenvalue weighted by Crippen LogP contribution is -2.32. The maximum Gasteiger partial charge on any atom is 0.0552 e. The van der Waals surface area contributed by atoms with Crippen molar-refractivity contribution in [2.45, 2.75) is 0 Å². The van der Waals surface area contributed by atoms with E-state index < -0.39 is 5.97 Å². The average molecular weight is 106 g/mol. The minimum absolute atomic E-state index is 0. The van der Waals surface area contributed by atoms with Crippen LogP contribution in [-0.4, -0.2) is 19.6 Å². The summed E-state index contributed by atoms with van der Waals surface area (Å²) < 4.78 is 0. The van der Waals surface area contributed by atoms with Gasteiger partial charge < -0.3 is 21.4 Å². The smallest absolute Gasteiger partial charge is 0.0552 e. The van der Waals surface area contributed by atoms with Gasteiger partial charge in [-0.15, -0.1) is 0 Å². The molecule has 0 aliphatic rings. The summed E-state index contributed by atoms with van der Waals surface area (Å²) in [7, 11) is 1.55. The molecule has 0 aliphatic heterocycles. The number of carboxylic acid groups (broad SMARTS) is 1. The molecule has 4 nitrogen and oxygen atoms in total. The molecule has 0 spiro atoms. The number of quaternary nitrogens is 1. The third-order valence-electron chi connectivity index (χ3n) is 0.321. The fourth-order valence-electron chi connectivity index (χ4n) is 0.144. The Bertz CT molecular complexity index is 54.9. The zero-order valence-electron chi connectivity index (χ0n) is 4.52. The van der Waals surface area contributed by atoms with Crippen LogP contribution in [0.4, 0.5) is 0 Å². The zero-order valence-corrected chi connectivity index (χ0v) is 4.52. The van der Waals surface area contributed by atoms with E-state index in [0.29, 0.717) is 0 Å². The van der Waals surface area contributed by atoms with E-state index in [1.54, 1.807) is 7.05 Å². The van der Waals surface area contributed by atoms with E-state index in [9.17, 15) is 9.90 Å². The van der Waals surface area contributed by atoms with E-state index in [1.807, 2.05) is 0 Å². The van der Waals surface area contributed by atoms with Crippen molar-refractivity contribution in [3.05, 3.63) is 0 Å². The van der Waals surface area contributed by atoms with Gasteiger partial charge in [0, 0.05) is 6.54 Å². The number of carbonyl (C=O) groups is 1. The van der Waals surface area contributed by atoms with E-state index in [1.165, 1.54) is 0 Å².